The first-order valence-electron chi connectivity index (χ1n) is 11.7. The average molecular weight is 447 g/mol. The molecule has 33 heavy (non-hydrogen) atoms. The third-order valence-corrected chi connectivity index (χ3v) is 7.42. The van der Waals surface area contributed by atoms with Gasteiger partial charge in [-0.05, 0) is 66.6 Å². The predicted molar refractivity (Wildman–Crippen MR) is 118 cm³/mol. The number of carbonyl (C=O) groups is 3. The van der Waals surface area contributed by atoms with Gasteiger partial charge < -0.3 is 9.64 Å². The van der Waals surface area contributed by atoms with Crippen molar-refractivity contribution in [3.8, 4) is 5.75 Å². The fraction of sp³-hybridized carbons (Fsp3) is 0.440. The molecule has 2 aromatic rings. The molecule has 2 fully saturated rings. The molecule has 4 heterocycles. The normalized spacial score (nSPS) is 27.0. The van der Waals surface area contributed by atoms with Crippen LogP contribution in [0, 0.1) is 0 Å². The summed E-state index contributed by atoms with van der Waals surface area (Å²) in [5, 5.41) is 2.35. The Hall–Kier alpha value is -3.26. The summed E-state index contributed by atoms with van der Waals surface area (Å²) in [6, 6.07) is 7.47. The van der Waals surface area contributed by atoms with Crippen LogP contribution in [0.25, 0.3) is 0 Å². The van der Waals surface area contributed by atoms with E-state index in [9.17, 15) is 14.4 Å². The summed E-state index contributed by atoms with van der Waals surface area (Å²) in [6.45, 7) is 2.20. The van der Waals surface area contributed by atoms with Crippen molar-refractivity contribution in [3.63, 3.8) is 0 Å². The fourth-order valence-corrected chi connectivity index (χ4v) is 5.74. The largest absolute Gasteiger partial charge is 0.489 e. The molecule has 0 radical (unpaired) electrons. The lowest BCUT2D eigenvalue weighted by atomic mass is 10.0. The molecule has 3 aliphatic heterocycles. The highest BCUT2D eigenvalue weighted by atomic mass is 16.5. The Kier molecular flexibility index (Phi) is 4.90. The molecule has 3 atom stereocenters. The zero-order valence-electron chi connectivity index (χ0n) is 18.3. The standard InChI is InChI=1S/C25H26N4O4/c30-23-7-6-21(24(31)27-23)29-14-16-10-18(4-5-19(16)25(29)32)33-22-3-1-2-20(22)28-12-15-8-9-26-11-17(15)13-28/h4-5,8-11,20-22H,1-3,6-7,12-14H2,(H,27,30,31)/t20-,21?,22-/m0/s1. The maximum atomic E-state index is 12.9. The second kappa shape index (κ2) is 7.95. The molecule has 6 rings (SSSR count). The van der Waals surface area contributed by atoms with Gasteiger partial charge in [0.1, 0.15) is 17.9 Å². The van der Waals surface area contributed by atoms with Crippen LogP contribution < -0.4 is 10.1 Å². The Morgan fingerprint density at radius 1 is 0.970 bits per heavy atom. The lowest BCUT2D eigenvalue weighted by Crippen LogP contribution is -2.52. The van der Waals surface area contributed by atoms with Gasteiger partial charge in [-0.1, -0.05) is 0 Å². The van der Waals surface area contributed by atoms with Crippen molar-refractivity contribution in [1.82, 2.24) is 20.1 Å². The van der Waals surface area contributed by atoms with Crippen molar-refractivity contribution < 1.29 is 19.1 Å². The maximum absolute atomic E-state index is 12.9. The quantitative estimate of drug-likeness (QED) is 0.724. The second-order valence-electron chi connectivity index (χ2n) is 9.42. The van der Waals surface area contributed by atoms with Gasteiger partial charge in [-0.3, -0.25) is 29.6 Å². The third-order valence-electron chi connectivity index (χ3n) is 7.42. The molecular formula is C25H26N4O4. The Morgan fingerprint density at radius 3 is 2.70 bits per heavy atom. The van der Waals surface area contributed by atoms with E-state index in [1.54, 1.807) is 11.0 Å². The number of fused-ring (bicyclic) bond motifs is 2. The highest BCUT2D eigenvalue weighted by molar-refractivity contribution is 6.05. The van der Waals surface area contributed by atoms with Crippen molar-refractivity contribution in [1.29, 1.82) is 0 Å². The van der Waals surface area contributed by atoms with E-state index >= 15 is 0 Å². The molecule has 0 spiro atoms. The number of hydrogen-bond acceptors (Lipinski definition) is 6. The molecule has 1 aliphatic carbocycles. The molecule has 4 aliphatic rings. The van der Waals surface area contributed by atoms with Crippen LogP contribution in [0.3, 0.4) is 0 Å². The van der Waals surface area contributed by atoms with Crippen LogP contribution in [0.2, 0.25) is 0 Å². The summed E-state index contributed by atoms with van der Waals surface area (Å²) in [6.07, 6.45) is 7.80. The van der Waals surface area contributed by atoms with Crippen LogP contribution in [0.15, 0.2) is 36.7 Å². The van der Waals surface area contributed by atoms with E-state index in [0.717, 1.165) is 43.7 Å². The Labute approximate surface area is 191 Å². The molecule has 1 saturated carbocycles. The topological polar surface area (TPSA) is 91.8 Å². The third kappa shape index (κ3) is 3.58. The van der Waals surface area contributed by atoms with Crippen LogP contribution >= 0.6 is 0 Å². The van der Waals surface area contributed by atoms with E-state index in [2.05, 4.69) is 21.3 Å². The van der Waals surface area contributed by atoms with Gasteiger partial charge in [0.25, 0.3) is 5.91 Å². The van der Waals surface area contributed by atoms with Gasteiger partial charge in [-0.15, -0.1) is 0 Å². The van der Waals surface area contributed by atoms with Crippen molar-refractivity contribution >= 4 is 17.7 Å². The van der Waals surface area contributed by atoms with Crippen molar-refractivity contribution in [2.45, 2.75) is 69.9 Å². The first kappa shape index (κ1) is 20.4. The number of rotatable bonds is 4. The first-order chi connectivity index (χ1) is 16.1. The summed E-state index contributed by atoms with van der Waals surface area (Å²) in [7, 11) is 0. The molecule has 0 bridgehead atoms. The van der Waals surface area contributed by atoms with Crippen LogP contribution in [0.4, 0.5) is 0 Å². The van der Waals surface area contributed by atoms with E-state index in [0.29, 0.717) is 24.6 Å². The number of benzene rings is 1. The number of nitrogens with one attached hydrogen (secondary N) is 1. The second-order valence-corrected chi connectivity index (χ2v) is 9.42. The van der Waals surface area contributed by atoms with E-state index < -0.39 is 6.04 Å². The number of ether oxygens (including phenoxy) is 1. The summed E-state index contributed by atoms with van der Waals surface area (Å²) >= 11 is 0. The molecule has 1 unspecified atom stereocenters. The number of carbonyl (C=O) groups excluding carboxylic acids is 3. The smallest absolute Gasteiger partial charge is 0.255 e. The van der Waals surface area contributed by atoms with Gasteiger partial charge in [-0.25, -0.2) is 0 Å². The molecule has 1 aromatic carbocycles. The van der Waals surface area contributed by atoms with E-state index in [1.807, 2.05) is 24.5 Å². The Morgan fingerprint density at radius 2 is 1.85 bits per heavy atom. The minimum Gasteiger partial charge on any atom is -0.489 e. The van der Waals surface area contributed by atoms with Crippen LogP contribution in [0.5, 0.6) is 5.75 Å². The minimum absolute atomic E-state index is 0.105. The molecule has 3 amide bonds. The molecule has 170 valence electrons. The van der Waals surface area contributed by atoms with Crippen molar-refractivity contribution in [2.75, 3.05) is 0 Å². The Bertz CT molecular complexity index is 1120. The zero-order chi connectivity index (χ0) is 22.5. The molecule has 1 N–H and O–H groups in total. The number of amides is 3. The Balaban J connectivity index is 1.16. The molecular weight excluding hydrogens is 420 g/mol. The van der Waals surface area contributed by atoms with Crippen LogP contribution in [0.1, 0.15) is 59.2 Å². The number of hydrogen-bond donors (Lipinski definition) is 1. The molecule has 1 aromatic heterocycles. The molecule has 8 heteroatoms. The van der Waals surface area contributed by atoms with Gasteiger partial charge in [0.2, 0.25) is 11.8 Å². The summed E-state index contributed by atoms with van der Waals surface area (Å²) in [5.41, 5.74) is 4.13. The lowest BCUT2D eigenvalue weighted by Gasteiger charge is -2.29. The van der Waals surface area contributed by atoms with Gasteiger partial charge >= 0.3 is 0 Å². The molecule has 8 nitrogen and oxygen atoms in total. The number of imide groups is 1. The summed E-state index contributed by atoms with van der Waals surface area (Å²) in [5.74, 6) is -0.0609. The zero-order valence-corrected chi connectivity index (χ0v) is 18.3. The van der Waals surface area contributed by atoms with Crippen LogP contribution in [-0.4, -0.2) is 50.7 Å². The van der Waals surface area contributed by atoms with Crippen molar-refractivity contribution in [3.05, 3.63) is 58.9 Å². The number of pyridine rings is 1. The van der Waals surface area contributed by atoms with Gasteiger partial charge in [0.05, 0.1) is 0 Å². The van der Waals surface area contributed by atoms with E-state index in [4.69, 9.17) is 4.74 Å². The number of piperidine rings is 1. The minimum atomic E-state index is -0.600. The number of nitrogens with zero attached hydrogens (tertiary/aromatic N) is 3. The molecule has 1 saturated heterocycles. The van der Waals surface area contributed by atoms with E-state index in [1.165, 1.54) is 11.1 Å². The maximum Gasteiger partial charge on any atom is 0.255 e. The predicted octanol–water partition coefficient (Wildman–Crippen LogP) is 2.16. The first-order valence-corrected chi connectivity index (χ1v) is 11.7. The van der Waals surface area contributed by atoms with Gasteiger partial charge in [0, 0.05) is 50.1 Å². The average Bonchev–Trinajstić information content (AvgIpc) is 3.51. The lowest BCUT2D eigenvalue weighted by molar-refractivity contribution is -0.136. The van der Waals surface area contributed by atoms with E-state index in [-0.39, 0.29) is 30.2 Å². The number of aromatic nitrogens is 1. The highest BCUT2D eigenvalue weighted by Crippen LogP contribution is 2.35. The monoisotopic (exact) mass is 446 g/mol. The highest BCUT2D eigenvalue weighted by Gasteiger charge is 2.40. The van der Waals surface area contributed by atoms with Crippen LogP contribution in [-0.2, 0) is 29.2 Å². The summed E-state index contributed by atoms with van der Waals surface area (Å²) in [4.78, 5) is 45.0. The van der Waals surface area contributed by atoms with Crippen molar-refractivity contribution in [2.24, 2.45) is 0 Å². The van der Waals surface area contributed by atoms with Gasteiger partial charge in [0.15, 0.2) is 0 Å². The SMILES string of the molecule is O=C1CCC(N2Cc3cc(O[C@H]4CCC[C@@H]4N4Cc5ccncc5C4)ccc3C2=O)C(=O)N1. The summed E-state index contributed by atoms with van der Waals surface area (Å²) < 4.78 is 6.46. The van der Waals surface area contributed by atoms with Gasteiger partial charge in [-0.2, -0.15) is 0 Å². The fourth-order valence-electron chi connectivity index (χ4n) is 5.74.